The Balaban J connectivity index is 1.73. The van der Waals surface area contributed by atoms with Gasteiger partial charge in [-0.25, -0.2) is 9.37 Å². The number of aliphatic imine (C=N–C) groups is 1. The van der Waals surface area contributed by atoms with Gasteiger partial charge in [-0.15, -0.1) is 0 Å². The summed E-state index contributed by atoms with van der Waals surface area (Å²) in [6.45, 7) is 4.08. The van der Waals surface area contributed by atoms with Crippen LogP contribution in [0.25, 0.3) is 0 Å². The van der Waals surface area contributed by atoms with Gasteiger partial charge in [-0.05, 0) is 36.1 Å². The highest BCUT2D eigenvalue weighted by atomic mass is 19.1. The van der Waals surface area contributed by atoms with Crippen LogP contribution >= 0.6 is 0 Å². The van der Waals surface area contributed by atoms with Gasteiger partial charge in [0.1, 0.15) is 5.82 Å². The normalized spacial score (nSPS) is 11.2. The molecule has 0 saturated heterocycles. The van der Waals surface area contributed by atoms with Gasteiger partial charge in [0.15, 0.2) is 5.96 Å². The third-order valence-corrected chi connectivity index (χ3v) is 3.55. The summed E-state index contributed by atoms with van der Waals surface area (Å²) in [6, 6.07) is 10.4. The summed E-state index contributed by atoms with van der Waals surface area (Å²) in [7, 11) is 1.73. The highest BCUT2D eigenvalue weighted by Gasteiger charge is 2.01. The van der Waals surface area contributed by atoms with Crippen LogP contribution in [0.2, 0.25) is 0 Å². The molecule has 0 aliphatic carbocycles. The molecule has 1 heterocycles. The predicted octanol–water partition coefficient (Wildman–Crippen LogP) is 2.92. The fraction of sp³-hybridized carbons (Fsp3) is 0.368. The van der Waals surface area contributed by atoms with Crippen LogP contribution in [0.5, 0.6) is 5.88 Å². The lowest BCUT2D eigenvalue weighted by molar-refractivity contribution is 0.305. The van der Waals surface area contributed by atoms with E-state index in [9.17, 15) is 4.39 Å². The first-order valence-corrected chi connectivity index (χ1v) is 8.48. The van der Waals surface area contributed by atoms with Crippen molar-refractivity contribution in [3.63, 3.8) is 0 Å². The predicted molar refractivity (Wildman–Crippen MR) is 98.3 cm³/mol. The topological polar surface area (TPSA) is 58.5 Å². The second-order valence-electron chi connectivity index (χ2n) is 5.58. The largest absolute Gasteiger partial charge is 0.478 e. The van der Waals surface area contributed by atoms with Crippen LogP contribution in [0.4, 0.5) is 4.39 Å². The van der Waals surface area contributed by atoms with E-state index in [0.29, 0.717) is 31.5 Å². The fourth-order valence-electron chi connectivity index (χ4n) is 2.19. The summed E-state index contributed by atoms with van der Waals surface area (Å²) in [4.78, 5) is 8.47. The van der Waals surface area contributed by atoms with E-state index in [-0.39, 0.29) is 5.82 Å². The molecule has 0 radical (unpaired) electrons. The Morgan fingerprint density at radius 1 is 1.12 bits per heavy atom. The summed E-state index contributed by atoms with van der Waals surface area (Å²) in [6.07, 6.45) is 3.56. The molecule has 0 saturated carbocycles. The van der Waals surface area contributed by atoms with Crippen molar-refractivity contribution >= 4 is 5.96 Å². The molecule has 0 aliphatic rings. The maximum absolute atomic E-state index is 12.9. The lowest BCUT2D eigenvalue weighted by Gasteiger charge is -2.12. The van der Waals surface area contributed by atoms with E-state index in [2.05, 4.69) is 27.5 Å². The van der Waals surface area contributed by atoms with Crippen molar-refractivity contribution < 1.29 is 9.13 Å². The number of guanidine groups is 1. The molecule has 1 aromatic carbocycles. The number of hydrogen-bond acceptors (Lipinski definition) is 3. The Kier molecular flexibility index (Phi) is 7.69. The number of nitrogens with one attached hydrogen (secondary N) is 2. The molecule has 134 valence electrons. The zero-order chi connectivity index (χ0) is 17.9. The molecule has 0 amide bonds. The molecule has 2 N–H and O–H groups in total. The molecule has 6 heteroatoms. The molecule has 2 aromatic rings. The first-order chi connectivity index (χ1) is 12.2. The SMILES string of the molecule is CCCOc1ccc(CNC(=NC)NCCc2ccc(F)cc2)cn1. The molecule has 0 atom stereocenters. The van der Waals surface area contributed by atoms with Crippen molar-refractivity contribution in [1.29, 1.82) is 0 Å². The molecule has 0 aliphatic heterocycles. The number of hydrogen-bond donors (Lipinski definition) is 2. The summed E-state index contributed by atoms with van der Waals surface area (Å²) in [5.74, 6) is 1.15. The van der Waals surface area contributed by atoms with E-state index in [1.165, 1.54) is 12.1 Å². The lowest BCUT2D eigenvalue weighted by Crippen LogP contribution is -2.37. The van der Waals surface area contributed by atoms with Crippen LogP contribution in [-0.4, -0.2) is 31.1 Å². The van der Waals surface area contributed by atoms with Gasteiger partial charge in [0, 0.05) is 32.4 Å². The minimum atomic E-state index is -0.214. The molecule has 5 nitrogen and oxygen atoms in total. The zero-order valence-electron chi connectivity index (χ0n) is 14.8. The van der Waals surface area contributed by atoms with Gasteiger partial charge in [0.2, 0.25) is 5.88 Å². The summed E-state index contributed by atoms with van der Waals surface area (Å²) in [5.41, 5.74) is 2.13. The molecule has 0 unspecified atom stereocenters. The number of halogens is 1. The molecular weight excluding hydrogens is 319 g/mol. The molecule has 2 rings (SSSR count). The Morgan fingerprint density at radius 3 is 2.52 bits per heavy atom. The smallest absolute Gasteiger partial charge is 0.213 e. The quantitative estimate of drug-likeness (QED) is 0.571. The highest BCUT2D eigenvalue weighted by molar-refractivity contribution is 5.79. The Bertz CT molecular complexity index is 656. The average molecular weight is 344 g/mol. The molecule has 0 bridgehead atoms. The number of pyridine rings is 1. The maximum Gasteiger partial charge on any atom is 0.213 e. The van der Waals surface area contributed by atoms with E-state index >= 15 is 0 Å². The maximum atomic E-state index is 12.9. The van der Waals surface area contributed by atoms with Crippen molar-refractivity contribution in [2.24, 2.45) is 4.99 Å². The van der Waals surface area contributed by atoms with Crippen molar-refractivity contribution in [2.75, 3.05) is 20.2 Å². The number of rotatable bonds is 8. The van der Waals surface area contributed by atoms with Crippen molar-refractivity contribution in [1.82, 2.24) is 15.6 Å². The van der Waals surface area contributed by atoms with Gasteiger partial charge in [-0.1, -0.05) is 25.1 Å². The third-order valence-electron chi connectivity index (χ3n) is 3.55. The van der Waals surface area contributed by atoms with Crippen molar-refractivity contribution in [3.8, 4) is 5.88 Å². The Morgan fingerprint density at radius 2 is 1.88 bits per heavy atom. The average Bonchev–Trinajstić information content (AvgIpc) is 2.65. The van der Waals surface area contributed by atoms with Crippen LogP contribution in [0, 0.1) is 5.82 Å². The first kappa shape index (κ1) is 18.7. The van der Waals surface area contributed by atoms with E-state index in [4.69, 9.17) is 4.74 Å². The van der Waals surface area contributed by atoms with Gasteiger partial charge in [0.25, 0.3) is 0 Å². The van der Waals surface area contributed by atoms with Crippen LogP contribution in [-0.2, 0) is 13.0 Å². The van der Waals surface area contributed by atoms with Crippen LogP contribution in [0.15, 0.2) is 47.6 Å². The lowest BCUT2D eigenvalue weighted by atomic mass is 10.1. The van der Waals surface area contributed by atoms with Gasteiger partial charge in [0.05, 0.1) is 6.61 Å². The van der Waals surface area contributed by atoms with Crippen LogP contribution in [0.3, 0.4) is 0 Å². The third kappa shape index (κ3) is 6.79. The van der Waals surface area contributed by atoms with E-state index < -0.39 is 0 Å². The minimum absolute atomic E-state index is 0.214. The summed E-state index contributed by atoms with van der Waals surface area (Å²) < 4.78 is 18.4. The van der Waals surface area contributed by atoms with Crippen molar-refractivity contribution in [2.45, 2.75) is 26.3 Å². The summed E-state index contributed by atoms with van der Waals surface area (Å²) in [5, 5.41) is 6.48. The fourth-order valence-corrected chi connectivity index (χ4v) is 2.19. The zero-order valence-corrected chi connectivity index (χ0v) is 14.8. The van der Waals surface area contributed by atoms with Crippen LogP contribution < -0.4 is 15.4 Å². The van der Waals surface area contributed by atoms with E-state index in [0.717, 1.165) is 24.0 Å². The standard InChI is InChI=1S/C19H25FN4O/c1-3-12-25-18-9-6-16(13-23-18)14-24-19(21-2)22-11-10-15-4-7-17(20)8-5-15/h4-9,13H,3,10-12,14H2,1-2H3,(H2,21,22,24). The molecule has 0 spiro atoms. The molecular formula is C19H25FN4O. The molecule has 25 heavy (non-hydrogen) atoms. The van der Waals surface area contributed by atoms with Crippen LogP contribution in [0.1, 0.15) is 24.5 Å². The molecule has 1 aromatic heterocycles. The highest BCUT2D eigenvalue weighted by Crippen LogP contribution is 2.07. The van der Waals surface area contributed by atoms with Gasteiger partial charge < -0.3 is 15.4 Å². The number of ether oxygens (including phenoxy) is 1. The van der Waals surface area contributed by atoms with Gasteiger partial charge in [-0.2, -0.15) is 0 Å². The number of aromatic nitrogens is 1. The number of benzene rings is 1. The first-order valence-electron chi connectivity index (χ1n) is 8.48. The Hall–Kier alpha value is -2.63. The summed E-state index contributed by atoms with van der Waals surface area (Å²) >= 11 is 0. The van der Waals surface area contributed by atoms with Crippen molar-refractivity contribution in [3.05, 3.63) is 59.5 Å². The Labute approximate surface area is 148 Å². The van der Waals surface area contributed by atoms with Gasteiger partial charge in [-0.3, -0.25) is 4.99 Å². The second kappa shape index (κ2) is 10.3. The van der Waals surface area contributed by atoms with E-state index in [1.54, 1.807) is 25.4 Å². The number of nitrogens with zero attached hydrogens (tertiary/aromatic N) is 2. The molecule has 0 fully saturated rings. The minimum Gasteiger partial charge on any atom is -0.478 e. The second-order valence-corrected chi connectivity index (χ2v) is 5.58. The van der Waals surface area contributed by atoms with Gasteiger partial charge >= 0.3 is 0 Å². The monoisotopic (exact) mass is 344 g/mol. The van der Waals surface area contributed by atoms with E-state index in [1.807, 2.05) is 12.1 Å².